The van der Waals surface area contributed by atoms with Crippen LogP contribution in [-0.2, 0) is 9.53 Å². The Bertz CT molecular complexity index is 1270. The summed E-state index contributed by atoms with van der Waals surface area (Å²) in [6.07, 6.45) is 3.23. The van der Waals surface area contributed by atoms with E-state index in [9.17, 15) is 14.9 Å². The number of benzene rings is 2. The van der Waals surface area contributed by atoms with Crippen LogP contribution in [0.3, 0.4) is 0 Å². The SMILES string of the molecule is COC(=O)C1=C(C)NC(C)=C(c2cccc3nccnc23)C1c1cccc([N+](=O)[O-])c1. The number of hydrogen-bond acceptors (Lipinski definition) is 7. The zero-order chi connectivity index (χ0) is 22.1. The number of nitrogens with one attached hydrogen (secondary N) is 1. The van der Waals surface area contributed by atoms with E-state index in [-0.39, 0.29) is 5.69 Å². The monoisotopic (exact) mass is 416 g/mol. The molecule has 8 heteroatoms. The first-order valence-electron chi connectivity index (χ1n) is 9.63. The van der Waals surface area contributed by atoms with Crippen molar-refractivity contribution in [1.82, 2.24) is 15.3 Å². The van der Waals surface area contributed by atoms with Crippen molar-refractivity contribution in [3.8, 4) is 0 Å². The van der Waals surface area contributed by atoms with Crippen LogP contribution in [0.5, 0.6) is 0 Å². The summed E-state index contributed by atoms with van der Waals surface area (Å²) in [6.45, 7) is 3.70. The van der Waals surface area contributed by atoms with Crippen LogP contribution in [-0.4, -0.2) is 28.0 Å². The summed E-state index contributed by atoms with van der Waals surface area (Å²) >= 11 is 0. The Labute approximate surface area is 178 Å². The molecule has 8 nitrogen and oxygen atoms in total. The average Bonchev–Trinajstić information content (AvgIpc) is 2.78. The number of nitro benzene ring substituents is 1. The molecule has 0 bridgehead atoms. The van der Waals surface area contributed by atoms with Crippen LogP contribution in [0, 0.1) is 10.1 Å². The Morgan fingerprint density at radius 3 is 2.58 bits per heavy atom. The zero-order valence-electron chi connectivity index (χ0n) is 17.2. The number of esters is 1. The molecule has 1 aromatic heterocycles. The van der Waals surface area contributed by atoms with E-state index in [2.05, 4.69) is 15.3 Å². The van der Waals surface area contributed by atoms with Crippen molar-refractivity contribution in [3.05, 3.63) is 93.1 Å². The van der Waals surface area contributed by atoms with Gasteiger partial charge in [0.1, 0.15) is 0 Å². The van der Waals surface area contributed by atoms with Crippen molar-refractivity contribution < 1.29 is 14.5 Å². The van der Waals surface area contributed by atoms with Crippen molar-refractivity contribution in [2.45, 2.75) is 19.8 Å². The van der Waals surface area contributed by atoms with Crippen LogP contribution >= 0.6 is 0 Å². The maximum Gasteiger partial charge on any atom is 0.336 e. The first kappa shape index (κ1) is 20.2. The van der Waals surface area contributed by atoms with Gasteiger partial charge in [0, 0.05) is 47.4 Å². The van der Waals surface area contributed by atoms with Gasteiger partial charge in [0.05, 0.1) is 28.6 Å². The molecular formula is C23H20N4O4. The Kier molecular flexibility index (Phi) is 5.21. The number of dihydropyridines is 1. The molecule has 2 heterocycles. The molecule has 1 unspecified atom stereocenters. The van der Waals surface area contributed by atoms with Crippen molar-refractivity contribution in [2.24, 2.45) is 0 Å². The van der Waals surface area contributed by atoms with E-state index in [1.54, 1.807) is 31.5 Å². The van der Waals surface area contributed by atoms with E-state index < -0.39 is 16.8 Å². The first-order valence-corrected chi connectivity index (χ1v) is 9.63. The Morgan fingerprint density at radius 1 is 1.10 bits per heavy atom. The molecule has 1 aliphatic heterocycles. The number of aromatic nitrogens is 2. The molecule has 1 atom stereocenters. The second-order valence-electron chi connectivity index (χ2n) is 7.21. The van der Waals surface area contributed by atoms with Crippen LogP contribution in [0.1, 0.15) is 30.9 Å². The van der Waals surface area contributed by atoms with Gasteiger partial charge in [0.2, 0.25) is 0 Å². The summed E-state index contributed by atoms with van der Waals surface area (Å²) in [4.78, 5) is 32.7. The number of methoxy groups -OCH3 is 1. The predicted molar refractivity (Wildman–Crippen MR) is 116 cm³/mol. The summed E-state index contributed by atoms with van der Waals surface area (Å²) in [6, 6.07) is 12.0. The molecule has 2 aromatic carbocycles. The Balaban J connectivity index is 2.02. The molecule has 156 valence electrons. The normalized spacial score (nSPS) is 16.3. The molecule has 3 aromatic rings. The van der Waals surface area contributed by atoms with Gasteiger partial charge in [0.25, 0.3) is 5.69 Å². The van der Waals surface area contributed by atoms with Gasteiger partial charge in [-0.2, -0.15) is 0 Å². The largest absolute Gasteiger partial charge is 0.466 e. The number of hydrogen-bond donors (Lipinski definition) is 1. The van der Waals surface area contributed by atoms with Gasteiger partial charge in [-0.3, -0.25) is 20.1 Å². The molecule has 0 saturated heterocycles. The van der Waals surface area contributed by atoms with Gasteiger partial charge < -0.3 is 10.1 Å². The molecule has 0 saturated carbocycles. The van der Waals surface area contributed by atoms with Crippen LogP contribution < -0.4 is 5.32 Å². The molecule has 0 amide bonds. The highest BCUT2D eigenvalue weighted by Gasteiger charge is 2.35. The van der Waals surface area contributed by atoms with Gasteiger partial charge >= 0.3 is 5.97 Å². The summed E-state index contributed by atoms with van der Waals surface area (Å²) in [5.74, 6) is -1.08. The number of fused-ring (bicyclic) bond motifs is 1. The third kappa shape index (κ3) is 3.52. The number of carbonyl (C=O) groups excluding carboxylic acids is 1. The molecule has 1 N–H and O–H groups in total. The number of ether oxygens (including phenoxy) is 1. The number of nitrogens with zero attached hydrogens (tertiary/aromatic N) is 3. The van der Waals surface area contributed by atoms with Gasteiger partial charge in [0.15, 0.2) is 0 Å². The van der Waals surface area contributed by atoms with Crippen molar-refractivity contribution >= 4 is 28.3 Å². The number of para-hydroxylation sites is 1. The summed E-state index contributed by atoms with van der Waals surface area (Å²) < 4.78 is 5.08. The molecule has 4 rings (SSSR count). The smallest absolute Gasteiger partial charge is 0.336 e. The average molecular weight is 416 g/mol. The van der Waals surface area contributed by atoms with Crippen molar-refractivity contribution in [2.75, 3.05) is 7.11 Å². The topological polar surface area (TPSA) is 107 Å². The summed E-state index contributed by atoms with van der Waals surface area (Å²) in [5.41, 5.74) is 5.39. The molecular weight excluding hydrogens is 396 g/mol. The van der Waals surface area contributed by atoms with E-state index in [1.165, 1.54) is 19.2 Å². The van der Waals surface area contributed by atoms with Crippen LogP contribution in [0.4, 0.5) is 5.69 Å². The number of rotatable bonds is 4. The maximum atomic E-state index is 12.8. The fraction of sp³-hybridized carbons (Fsp3) is 0.174. The van der Waals surface area contributed by atoms with Crippen molar-refractivity contribution in [3.63, 3.8) is 0 Å². The Morgan fingerprint density at radius 2 is 1.84 bits per heavy atom. The van der Waals surface area contributed by atoms with E-state index >= 15 is 0 Å². The predicted octanol–water partition coefficient (Wildman–Crippen LogP) is 4.10. The summed E-state index contributed by atoms with van der Waals surface area (Å²) in [7, 11) is 1.32. The fourth-order valence-electron chi connectivity index (χ4n) is 4.09. The lowest BCUT2D eigenvalue weighted by atomic mass is 9.77. The fourth-order valence-corrected chi connectivity index (χ4v) is 4.09. The molecule has 1 aliphatic rings. The van der Waals surface area contributed by atoms with Crippen LogP contribution in [0.15, 0.2) is 71.8 Å². The van der Waals surface area contributed by atoms with Gasteiger partial charge in [-0.25, -0.2) is 4.79 Å². The second-order valence-corrected chi connectivity index (χ2v) is 7.21. The molecule has 0 fully saturated rings. The van der Waals surface area contributed by atoms with E-state index in [4.69, 9.17) is 4.74 Å². The summed E-state index contributed by atoms with van der Waals surface area (Å²) in [5, 5.41) is 14.7. The van der Waals surface area contributed by atoms with Gasteiger partial charge in [-0.05, 0) is 31.1 Å². The number of non-ortho nitro benzene ring substituents is 1. The number of carbonyl (C=O) groups is 1. The number of allylic oxidation sites excluding steroid dienone is 3. The quantitative estimate of drug-likeness (QED) is 0.387. The van der Waals surface area contributed by atoms with E-state index in [0.29, 0.717) is 27.9 Å². The lowest BCUT2D eigenvalue weighted by molar-refractivity contribution is -0.384. The van der Waals surface area contributed by atoms with Gasteiger partial charge in [-0.1, -0.05) is 24.3 Å². The molecule has 0 spiro atoms. The highest BCUT2D eigenvalue weighted by atomic mass is 16.6. The lowest BCUT2D eigenvalue weighted by Crippen LogP contribution is -2.28. The molecule has 31 heavy (non-hydrogen) atoms. The standard InChI is InChI=1S/C23H20N4O4/c1-13-19(17-8-5-9-18-22(17)25-11-10-24-18)21(20(14(2)26-13)23(28)31-3)15-6-4-7-16(12-15)27(29)30/h4-12,21,26H,1-3H3. The maximum absolute atomic E-state index is 12.8. The van der Waals surface area contributed by atoms with E-state index in [1.807, 2.05) is 25.1 Å². The van der Waals surface area contributed by atoms with Crippen LogP contribution in [0.25, 0.3) is 16.6 Å². The second kappa shape index (κ2) is 7.98. The number of nitro groups is 1. The molecule has 0 aliphatic carbocycles. The lowest BCUT2D eigenvalue weighted by Gasteiger charge is -2.32. The van der Waals surface area contributed by atoms with Crippen LogP contribution in [0.2, 0.25) is 0 Å². The van der Waals surface area contributed by atoms with Crippen molar-refractivity contribution in [1.29, 1.82) is 0 Å². The highest BCUT2D eigenvalue weighted by Crippen LogP contribution is 2.45. The molecule has 0 radical (unpaired) electrons. The van der Waals surface area contributed by atoms with Gasteiger partial charge in [-0.15, -0.1) is 0 Å². The highest BCUT2D eigenvalue weighted by molar-refractivity contribution is 6.00. The Hall–Kier alpha value is -4.07. The minimum atomic E-state index is -0.582. The zero-order valence-corrected chi connectivity index (χ0v) is 17.2. The first-order chi connectivity index (χ1) is 14.9. The van der Waals surface area contributed by atoms with E-state index in [0.717, 1.165) is 16.8 Å². The minimum absolute atomic E-state index is 0.0485. The third-order valence-electron chi connectivity index (χ3n) is 5.37. The minimum Gasteiger partial charge on any atom is -0.466 e. The third-order valence-corrected chi connectivity index (χ3v) is 5.37.